The van der Waals surface area contributed by atoms with Crippen molar-refractivity contribution in [1.82, 2.24) is 25.0 Å². The predicted octanol–water partition coefficient (Wildman–Crippen LogP) is 2.39. The molecule has 0 aliphatic carbocycles. The number of allylic oxidation sites excluding steroid dienone is 1. The van der Waals surface area contributed by atoms with Crippen molar-refractivity contribution in [3.8, 4) is 0 Å². The first-order valence-corrected chi connectivity index (χ1v) is 13.0. The molecule has 2 aliphatic heterocycles. The van der Waals surface area contributed by atoms with Crippen LogP contribution < -0.4 is 5.32 Å². The number of rotatable bonds is 11. The SMILES string of the molecule is CCOC(=O)C1=C(CN2CCN(C=S)C(CN(C)CC(C)(C)C=O)C2)NC(c2nccs2)=CC1. The molecule has 1 atom stereocenters. The number of nitrogens with zero attached hydrogens (tertiary/aromatic N) is 4. The molecule has 0 radical (unpaired) electrons. The minimum atomic E-state index is -0.393. The second-order valence-electron chi connectivity index (χ2n) is 9.50. The molecule has 1 N–H and O–H groups in total. The molecular formula is C24H35N5O3S2. The third kappa shape index (κ3) is 6.94. The van der Waals surface area contributed by atoms with E-state index in [0.717, 1.165) is 48.9 Å². The van der Waals surface area contributed by atoms with Gasteiger partial charge in [0.15, 0.2) is 0 Å². The Kier molecular flexibility index (Phi) is 9.35. The molecule has 1 saturated heterocycles. The van der Waals surface area contributed by atoms with Gasteiger partial charge in [0.05, 0.1) is 29.4 Å². The third-order valence-electron chi connectivity index (χ3n) is 5.99. The van der Waals surface area contributed by atoms with Crippen molar-refractivity contribution in [3.63, 3.8) is 0 Å². The van der Waals surface area contributed by atoms with Crippen LogP contribution in [0.2, 0.25) is 0 Å². The summed E-state index contributed by atoms with van der Waals surface area (Å²) in [5.41, 5.74) is 3.82. The van der Waals surface area contributed by atoms with Crippen molar-refractivity contribution in [2.45, 2.75) is 33.2 Å². The van der Waals surface area contributed by atoms with Crippen molar-refractivity contribution in [2.75, 3.05) is 52.9 Å². The van der Waals surface area contributed by atoms with Crippen molar-refractivity contribution in [1.29, 1.82) is 0 Å². The number of piperazine rings is 1. The van der Waals surface area contributed by atoms with Crippen LogP contribution in [0, 0.1) is 5.41 Å². The van der Waals surface area contributed by atoms with Gasteiger partial charge in [-0.2, -0.15) is 0 Å². The highest BCUT2D eigenvalue weighted by molar-refractivity contribution is 7.78. The molecule has 0 bridgehead atoms. The normalized spacial score (nSPS) is 19.6. The lowest BCUT2D eigenvalue weighted by Crippen LogP contribution is -2.57. The highest BCUT2D eigenvalue weighted by atomic mass is 32.1. The minimum Gasteiger partial charge on any atom is -0.463 e. The summed E-state index contributed by atoms with van der Waals surface area (Å²) in [4.78, 5) is 35.2. The van der Waals surface area contributed by atoms with Crippen molar-refractivity contribution in [2.24, 2.45) is 5.41 Å². The third-order valence-corrected chi connectivity index (χ3v) is 7.07. The number of carbonyl (C=O) groups is 2. The number of dihydropyridines is 1. The minimum absolute atomic E-state index is 0.197. The fourth-order valence-corrected chi connectivity index (χ4v) is 5.34. The Labute approximate surface area is 211 Å². The molecule has 0 amide bonds. The summed E-state index contributed by atoms with van der Waals surface area (Å²) in [6.07, 6.45) is 5.32. The molecule has 34 heavy (non-hydrogen) atoms. The van der Waals surface area contributed by atoms with Crippen LogP contribution in [0.15, 0.2) is 28.9 Å². The average Bonchev–Trinajstić information content (AvgIpc) is 3.34. The number of thiocarbonyl (C=S) groups is 1. The Morgan fingerprint density at radius 2 is 2.24 bits per heavy atom. The van der Waals surface area contributed by atoms with Gasteiger partial charge in [-0.1, -0.05) is 32.1 Å². The predicted molar refractivity (Wildman–Crippen MR) is 139 cm³/mol. The fraction of sp³-hybridized carbons (Fsp3) is 0.583. The molecular weight excluding hydrogens is 470 g/mol. The van der Waals surface area contributed by atoms with Crippen LogP contribution in [0.3, 0.4) is 0 Å². The van der Waals surface area contributed by atoms with E-state index in [0.29, 0.717) is 31.7 Å². The van der Waals surface area contributed by atoms with E-state index in [-0.39, 0.29) is 12.0 Å². The van der Waals surface area contributed by atoms with Crippen LogP contribution in [0.4, 0.5) is 0 Å². The number of esters is 1. The van der Waals surface area contributed by atoms with Crippen LogP contribution in [0.25, 0.3) is 5.70 Å². The second-order valence-corrected chi connectivity index (χ2v) is 10.6. The fourth-order valence-electron chi connectivity index (χ4n) is 4.43. The maximum absolute atomic E-state index is 12.7. The van der Waals surface area contributed by atoms with Crippen molar-refractivity contribution in [3.05, 3.63) is 33.9 Å². The van der Waals surface area contributed by atoms with Crippen molar-refractivity contribution < 1.29 is 14.3 Å². The Morgan fingerprint density at radius 3 is 2.88 bits per heavy atom. The summed E-state index contributed by atoms with van der Waals surface area (Å²) in [5.74, 6) is -0.274. The van der Waals surface area contributed by atoms with Gasteiger partial charge in [-0.3, -0.25) is 4.90 Å². The second kappa shape index (κ2) is 12.0. The van der Waals surface area contributed by atoms with E-state index in [1.807, 2.05) is 39.3 Å². The summed E-state index contributed by atoms with van der Waals surface area (Å²) in [6.45, 7) is 10.6. The zero-order valence-electron chi connectivity index (χ0n) is 20.5. The van der Waals surface area contributed by atoms with E-state index < -0.39 is 5.41 Å². The first-order valence-electron chi connectivity index (χ1n) is 11.6. The molecule has 0 saturated carbocycles. The number of nitrogens with one attached hydrogen (secondary N) is 1. The highest BCUT2D eigenvalue weighted by Crippen LogP contribution is 2.26. The van der Waals surface area contributed by atoms with Crippen molar-refractivity contribution >= 4 is 47.0 Å². The lowest BCUT2D eigenvalue weighted by atomic mass is 9.95. The Morgan fingerprint density at radius 1 is 1.44 bits per heavy atom. The standard InChI is InChI=1S/C24H35N5O3S2/c1-5-32-23(31)19-6-7-20(22-25-8-11-34-22)26-21(19)14-28-9-10-29(17-33)18(13-28)12-27(4)15-24(2,3)16-30/h7-8,11,16-18,26H,5-6,9-10,12-15H2,1-4H3. The van der Waals surface area contributed by atoms with Crippen LogP contribution in [0.1, 0.15) is 32.2 Å². The molecule has 10 heteroatoms. The smallest absolute Gasteiger partial charge is 0.336 e. The maximum Gasteiger partial charge on any atom is 0.336 e. The van der Waals surface area contributed by atoms with Gasteiger partial charge in [-0.05, 0) is 14.0 Å². The van der Waals surface area contributed by atoms with Gasteiger partial charge >= 0.3 is 5.97 Å². The molecule has 1 aromatic heterocycles. The van der Waals surface area contributed by atoms with E-state index in [4.69, 9.17) is 17.0 Å². The molecule has 3 rings (SSSR count). The zero-order chi connectivity index (χ0) is 24.7. The van der Waals surface area contributed by atoms with Gasteiger partial charge in [-0.25, -0.2) is 9.78 Å². The highest BCUT2D eigenvalue weighted by Gasteiger charge is 2.30. The van der Waals surface area contributed by atoms with E-state index in [2.05, 4.69) is 25.0 Å². The molecule has 2 aliphatic rings. The van der Waals surface area contributed by atoms with Crippen LogP contribution >= 0.6 is 23.6 Å². The number of thiazole rings is 1. The van der Waals surface area contributed by atoms with Gasteiger partial charge in [0, 0.05) is 68.4 Å². The molecule has 0 spiro atoms. The van der Waals surface area contributed by atoms with E-state index in [1.165, 1.54) is 0 Å². The number of likely N-dealkylation sites (N-methyl/N-ethyl adjacent to an activating group) is 1. The summed E-state index contributed by atoms with van der Waals surface area (Å²) >= 11 is 6.86. The number of ether oxygens (including phenoxy) is 1. The molecule has 1 fully saturated rings. The molecule has 1 aromatic rings. The molecule has 8 nitrogen and oxygen atoms in total. The number of carbonyl (C=O) groups excluding carboxylic acids is 2. The number of aldehydes is 1. The van der Waals surface area contributed by atoms with E-state index in [1.54, 1.807) is 23.0 Å². The Hall–Kier alpha value is -2.14. The number of hydrogen-bond donors (Lipinski definition) is 1. The largest absolute Gasteiger partial charge is 0.463 e. The Bertz CT molecular complexity index is 929. The first-order chi connectivity index (χ1) is 16.3. The van der Waals surface area contributed by atoms with Crippen LogP contribution in [-0.4, -0.2) is 96.4 Å². The molecule has 3 heterocycles. The summed E-state index contributed by atoms with van der Waals surface area (Å²) in [7, 11) is 2.04. The van der Waals surface area contributed by atoms with E-state index >= 15 is 0 Å². The molecule has 1 unspecified atom stereocenters. The zero-order valence-corrected chi connectivity index (χ0v) is 22.1. The van der Waals surface area contributed by atoms with Gasteiger partial charge in [0.2, 0.25) is 0 Å². The maximum atomic E-state index is 12.7. The van der Waals surface area contributed by atoms with E-state index in [9.17, 15) is 9.59 Å². The number of aromatic nitrogens is 1. The van der Waals surface area contributed by atoms with Crippen LogP contribution in [-0.2, 0) is 14.3 Å². The molecule has 0 aromatic carbocycles. The molecule has 186 valence electrons. The van der Waals surface area contributed by atoms with Gasteiger partial charge in [0.1, 0.15) is 11.3 Å². The monoisotopic (exact) mass is 505 g/mol. The Balaban J connectivity index is 1.73. The summed E-state index contributed by atoms with van der Waals surface area (Å²) < 4.78 is 5.33. The summed E-state index contributed by atoms with van der Waals surface area (Å²) in [6, 6.07) is 0.197. The quantitative estimate of drug-likeness (QED) is 0.277. The first kappa shape index (κ1) is 26.5. The lowest BCUT2D eigenvalue weighted by Gasteiger charge is -2.43. The topological polar surface area (TPSA) is 78.0 Å². The average molecular weight is 506 g/mol. The van der Waals surface area contributed by atoms with Crippen LogP contribution in [0.5, 0.6) is 0 Å². The summed E-state index contributed by atoms with van der Waals surface area (Å²) in [5, 5.41) is 6.32. The van der Waals surface area contributed by atoms with Gasteiger partial charge < -0.3 is 24.6 Å². The lowest BCUT2D eigenvalue weighted by molar-refractivity contribution is -0.138. The number of hydrogen-bond acceptors (Lipinski definition) is 9. The van der Waals surface area contributed by atoms with Gasteiger partial charge in [0.25, 0.3) is 0 Å². The van der Waals surface area contributed by atoms with Gasteiger partial charge in [-0.15, -0.1) is 11.3 Å².